The molecular formula is C16H23NO2. The van der Waals surface area contributed by atoms with Gasteiger partial charge in [0.1, 0.15) is 0 Å². The summed E-state index contributed by atoms with van der Waals surface area (Å²) in [5, 5.41) is 9.46. The lowest BCUT2D eigenvalue weighted by Gasteiger charge is -2.29. The van der Waals surface area contributed by atoms with E-state index >= 15 is 0 Å². The van der Waals surface area contributed by atoms with Crippen molar-refractivity contribution in [2.45, 2.75) is 39.2 Å². The van der Waals surface area contributed by atoms with E-state index in [0.29, 0.717) is 31.8 Å². The number of likely N-dealkylation sites (tertiary alicyclic amines) is 1. The van der Waals surface area contributed by atoms with E-state index in [1.165, 1.54) is 5.56 Å². The Morgan fingerprint density at radius 2 is 1.84 bits per heavy atom. The van der Waals surface area contributed by atoms with Gasteiger partial charge in [-0.2, -0.15) is 0 Å². The van der Waals surface area contributed by atoms with Crippen LogP contribution in [0.3, 0.4) is 0 Å². The zero-order chi connectivity index (χ0) is 13.8. The van der Waals surface area contributed by atoms with Gasteiger partial charge in [-0.15, -0.1) is 0 Å². The van der Waals surface area contributed by atoms with Crippen LogP contribution in [0.2, 0.25) is 0 Å². The number of benzene rings is 1. The molecule has 1 aromatic rings. The molecule has 1 aliphatic rings. The number of hydrogen-bond acceptors (Lipinski definition) is 2. The van der Waals surface area contributed by atoms with E-state index in [0.717, 1.165) is 12.0 Å². The predicted octanol–water partition coefficient (Wildman–Crippen LogP) is 2.48. The van der Waals surface area contributed by atoms with E-state index in [1.54, 1.807) is 0 Å². The highest BCUT2D eigenvalue weighted by Gasteiger charge is 2.22. The zero-order valence-electron chi connectivity index (χ0n) is 11.8. The maximum Gasteiger partial charge on any atom is 0.253 e. The lowest BCUT2D eigenvalue weighted by atomic mass is 10.0. The lowest BCUT2D eigenvalue weighted by molar-refractivity contribution is 0.0546. The summed E-state index contributed by atoms with van der Waals surface area (Å²) in [6, 6.07) is 7.94. The number of carbonyl (C=O) groups excluding carboxylic acids is 1. The van der Waals surface area contributed by atoms with Crippen molar-refractivity contribution in [2.75, 3.05) is 13.1 Å². The molecule has 1 fully saturated rings. The number of rotatable bonds is 3. The smallest absolute Gasteiger partial charge is 0.253 e. The third kappa shape index (κ3) is 3.80. The maximum atomic E-state index is 12.3. The van der Waals surface area contributed by atoms with Crippen LogP contribution >= 0.6 is 0 Å². The van der Waals surface area contributed by atoms with Crippen LogP contribution in [0.4, 0.5) is 0 Å². The Morgan fingerprint density at radius 3 is 2.37 bits per heavy atom. The average Bonchev–Trinajstić information content (AvgIpc) is 2.39. The molecule has 1 aliphatic heterocycles. The van der Waals surface area contributed by atoms with Gasteiger partial charge in [0.25, 0.3) is 5.91 Å². The first kappa shape index (κ1) is 14.1. The maximum absolute atomic E-state index is 12.3. The number of aliphatic hydroxyl groups excluding tert-OH is 1. The zero-order valence-corrected chi connectivity index (χ0v) is 11.8. The molecule has 3 heteroatoms. The van der Waals surface area contributed by atoms with Crippen LogP contribution < -0.4 is 0 Å². The van der Waals surface area contributed by atoms with Gasteiger partial charge in [0, 0.05) is 18.7 Å². The summed E-state index contributed by atoms with van der Waals surface area (Å²) in [6.45, 7) is 5.71. The van der Waals surface area contributed by atoms with Gasteiger partial charge in [-0.1, -0.05) is 26.0 Å². The molecule has 1 heterocycles. The molecule has 0 aliphatic carbocycles. The highest BCUT2D eigenvalue weighted by molar-refractivity contribution is 5.94. The molecule has 0 radical (unpaired) electrons. The van der Waals surface area contributed by atoms with Crippen LogP contribution in [0, 0.1) is 5.92 Å². The Kier molecular flexibility index (Phi) is 4.59. The van der Waals surface area contributed by atoms with Gasteiger partial charge in [-0.05, 0) is 42.9 Å². The standard InChI is InChI=1S/C16H23NO2/c1-12(2)11-13-3-5-14(6-4-13)16(19)17-9-7-15(18)8-10-17/h3-6,12,15,18H,7-11H2,1-2H3. The lowest BCUT2D eigenvalue weighted by Crippen LogP contribution is -2.40. The molecule has 0 aromatic heterocycles. The molecule has 0 bridgehead atoms. The Bertz CT molecular complexity index is 417. The van der Waals surface area contributed by atoms with Crippen molar-refractivity contribution < 1.29 is 9.90 Å². The predicted molar refractivity (Wildman–Crippen MR) is 76.1 cm³/mol. The topological polar surface area (TPSA) is 40.5 Å². The number of carbonyl (C=O) groups is 1. The van der Waals surface area contributed by atoms with Crippen molar-refractivity contribution in [2.24, 2.45) is 5.92 Å². The molecule has 1 amide bonds. The van der Waals surface area contributed by atoms with Crippen LogP contribution in [-0.2, 0) is 6.42 Å². The first-order chi connectivity index (χ1) is 9.06. The van der Waals surface area contributed by atoms with Crippen molar-refractivity contribution in [1.82, 2.24) is 4.90 Å². The highest BCUT2D eigenvalue weighted by atomic mass is 16.3. The van der Waals surface area contributed by atoms with E-state index in [2.05, 4.69) is 13.8 Å². The Balaban J connectivity index is 1.99. The van der Waals surface area contributed by atoms with Crippen molar-refractivity contribution in [3.63, 3.8) is 0 Å². The molecule has 3 nitrogen and oxygen atoms in total. The second kappa shape index (κ2) is 6.20. The fraction of sp³-hybridized carbons (Fsp3) is 0.562. The quantitative estimate of drug-likeness (QED) is 0.908. The summed E-state index contributed by atoms with van der Waals surface area (Å²) >= 11 is 0. The van der Waals surface area contributed by atoms with Crippen molar-refractivity contribution in [3.8, 4) is 0 Å². The Morgan fingerprint density at radius 1 is 1.26 bits per heavy atom. The van der Waals surface area contributed by atoms with Gasteiger partial charge in [-0.25, -0.2) is 0 Å². The van der Waals surface area contributed by atoms with E-state index in [1.807, 2.05) is 29.2 Å². The van der Waals surface area contributed by atoms with Crippen LogP contribution in [0.15, 0.2) is 24.3 Å². The molecule has 2 rings (SSSR count). The molecule has 19 heavy (non-hydrogen) atoms. The highest BCUT2D eigenvalue weighted by Crippen LogP contribution is 2.15. The summed E-state index contributed by atoms with van der Waals surface area (Å²) in [5.74, 6) is 0.716. The number of aliphatic hydroxyl groups is 1. The van der Waals surface area contributed by atoms with Crippen LogP contribution in [0.1, 0.15) is 42.6 Å². The van der Waals surface area contributed by atoms with Crippen molar-refractivity contribution in [1.29, 1.82) is 0 Å². The molecule has 1 aromatic carbocycles. The third-order valence-electron chi connectivity index (χ3n) is 3.60. The first-order valence-corrected chi connectivity index (χ1v) is 7.12. The van der Waals surface area contributed by atoms with Crippen molar-refractivity contribution >= 4 is 5.91 Å². The second-order valence-electron chi connectivity index (χ2n) is 5.82. The summed E-state index contributed by atoms with van der Waals surface area (Å²) in [5.41, 5.74) is 2.03. The summed E-state index contributed by atoms with van der Waals surface area (Å²) in [4.78, 5) is 14.1. The van der Waals surface area contributed by atoms with E-state index in [4.69, 9.17) is 0 Å². The van der Waals surface area contributed by atoms with Gasteiger partial charge in [0.05, 0.1) is 6.10 Å². The van der Waals surface area contributed by atoms with E-state index in [9.17, 15) is 9.90 Å². The Hall–Kier alpha value is -1.35. The third-order valence-corrected chi connectivity index (χ3v) is 3.60. The minimum Gasteiger partial charge on any atom is -0.393 e. The molecule has 1 N–H and O–H groups in total. The molecule has 0 saturated carbocycles. The second-order valence-corrected chi connectivity index (χ2v) is 5.82. The summed E-state index contributed by atoms with van der Waals surface area (Å²) < 4.78 is 0. The molecule has 0 unspecified atom stereocenters. The monoisotopic (exact) mass is 261 g/mol. The SMILES string of the molecule is CC(C)Cc1ccc(C(=O)N2CCC(O)CC2)cc1. The van der Waals surface area contributed by atoms with E-state index in [-0.39, 0.29) is 12.0 Å². The van der Waals surface area contributed by atoms with Gasteiger partial charge in [0.2, 0.25) is 0 Å². The minimum absolute atomic E-state index is 0.0861. The van der Waals surface area contributed by atoms with Crippen LogP contribution in [0.5, 0.6) is 0 Å². The van der Waals surface area contributed by atoms with Gasteiger partial charge >= 0.3 is 0 Å². The molecule has 104 valence electrons. The first-order valence-electron chi connectivity index (χ1n) is 7.12. The van der Waals surface area contributed by atoms with Crippen LogP contribution in [0.25, 0.3) is 0 Å². The fourth-order valence-corrected chi connectivity index (χ4v) is 2.51. The number of hydrogen-bond donors (Lipinski definition) is 1. The van der Waals surface area contributed by atoms with Gasteiger partial charge in [-0.3, -0.25) is 4.79 Å². The van der Waals surface area contributed by atoms with Gasteiger partial charge < -0.3 is 10.0 Å². The summed E-state index contributed by atoms with van der Waals surface area (Å²) in [6.07, 6.45) is 2.19. The Labute approximate surface area is 115 Å². The molecule has 0 spiro atoms. The largest absolute Gasteiger partial charge is 0.393 e. The van der Waals surface area contributed by atoms with Crippen molar-refractivity contribution in [3.05, 3.63) is 35.4 Å². The summed E-state index contributed by atoms with van der Waals surface area (Å²) in [7, 11) is 0. The minimum atomic E-state index is -0.238. The average molecular weight is 261 g/mol. The fourth-order valence-electron chi connectivity index (χ4n) is 2.51. The number of piperidine rings is 1. The van der Waals surface area contributed by atoms with Gasteiger partial charge in [0.15, 0.2) is 0 Å². The van der Waals surface area contributed by atoms with E-state index < -0.39 is 0 Å². The van der Waals surface area contributed by atoms with Crippen LogP contribution in [-0.4, -0.2) is 35.1 Å². The normalized spacial score (nSPS) is 16.9. The molecule has 0 atom stereocenters. The number of nitrogens with zero attached hydrogens (tertiary/aromatic N) is 1. The molecule has 1 saturated heterocycles. The molecular weight excluding hydrogens is 238 g/mol. The number of amides is 1.